The molecule has 23 heterocycles. The fourth-order valence-corrected chi connectivity index (χ4v) is 15.4. The summed E-state index contributed by atoms with van der Waals surface area (Å²) in [6, 6.07) is 12.1. The van der Waals surface area contributed by atoms with Crippen LogP contribution in [0.3, 0.4) is 0 Å². The topological polar surface area (TPSA) is 575 Å². The molecule has 106 heavy (non-hydrogen) atoms. The fourth-order valence-electron chi connectivity index (χ4n) is 15.4. The van der Waals surface area contributed by atoms with Crippen LogP contribution in [0, 0.1) is 0 Å². The highest BCUT2D eigenvalue weighted by Gasteiger charge is 2.59. The summed E-state index contributed by atoms with van der Waals surface area (Å²) in [6.45, 7) is 1.21. The Kier molecular flexibility index (Phi) is 28.4. The van der Waals surface area contributed by atoms with Gasteiger partial charge in [0.15, 0.2) is 37.7 Å². The minimum atomic E-state index is -2.23. The molecule has 0 aliphatic carbocycles. The Bertz CT molecular complexity index is 3170. The molecule has 12 unspecified atom stereocenters. The summed E-state index contributed by atoms with van der Waals surface area (Å²) >= 11 is 0. The van der Waals surface area contributed by atoms with E-state index < -0.39 is 266 Å². The number of benzene rings is 2. The molecule has 0 aromatic heterocycles. The van der Waals surface area contributed by atoms with Gasteiger partial charge < -0.3 is 183 Å². The van der Waals surface area contributed by atoms with Gasteiger partial charge in [0.25, 0.3) is 0 Å². The van der Waals surface area contributed by atoms with Gasteiger partial charge >= 0.3 is 0 Å². The number of aliphatic hydroxyl groups is 20. The van der Waals surface area contributed by atoms with Gasteiger partial charge in [-0.25, -0.2) is 0 Å². The van der Waals surface area contributed by atoms with Gasteiger partial charge in [-0.05, 0) is 47.7 Å². The lowest BCUT2D eigenvalue weighted by molar-refractivity contribution is -0.397. The Hall–Kier alpha value is -3.95. The van der Waals surface area contributed by atoms with Crippen molar-refractivity contribution in [1.82, 2.24) is 5.32 Å². The minimum absolute atomic E-state index is 0.0126. The van der Waals surface area contributed by atoms with Crippen LogP contribution in [0.2, 0.25) is 0 Å². The van der Waals surface area contributed by atoms with Crippen LogP contribution in [0.5, 0.6) is 0 Å². The Balaban J connectivity index is 0.813. The molecule has 2 aromatic carbocycles. The maximum Gasteiger partial charge on any atom is 0.221 e. The summed E-state index contributed by atoms with van der Waals surface area (Å²) in [6.07, 6.45) is -62.6. The molecule has 0 spiro atoms. The highest BCUT2D eigenvalue weighted by Crippen LogP contribution is 2.51. The summed E-state index contributed by atoms with van der Waals surface area (Å²) in [5, 5.41) is 230. The molecule has 23 aliphatic heterocycles. The molecule has 0 radical (unpaired) electrons. The van der Waals surface area contributed by atoms with Gasteiger partial charge in [0.05, 0.1) is 52.4 Å². The van der Waals surface area contributed by atoms with Gasteiger partial charge in [0.1, 0.15) is 171 Å². The largest absolute Gasteiger partial charge is 0.394 e. The number of anilines is 1. The number of hydrogen-bond donors (Lipinski definition) is 21. The van der Waals surface area contributed by atoms with Gasteiger partial charge in [-0.3, -0.25) is 4.79 Å². The van der Waals surface area contributed by atoms with Crippen LogP contribution in [0.1, 0.15) is 45.1 Å². The Morgan fingerprint density at radius 1 is 0.491 bits per heavy atom. The zero-order chi connectivity index (χ0) is 76.3. The van der Waals surface area contributed by atoms with Crippen molar-refractivity contribution in [3.05, 3.63) is 66.4 Å². The molecule has 35 atom stereocenters. The number of hydrogen-bond acceptors (Lipinski definition) is 37. The van der Waals surface area contributed by atoms with Gasteiger partial charge in [0, 0.05) is 49.5 Å². The number of amides is 1. The highest BCUT2D eigenvalue weighted by atomic mass is 16.8. The number of nitrogens with one attached hydrogen (secondary N) is 1. The second kappa shape index (κ2) is 36.2. The number of rotatable bonds is 16. The van der Waals surface area contributed by atoms with Gasteiger partial charge in [-0.1, -0.05) is 56.8 Å². The van der Waals surface area contributed by atoms with E-state index in [9.17, 15) is 107 Å². The summed E-state index contributed by atoms with van der Waals surface area (Å²) in [4.78, 5) is 15.7. The third-order valence-electron chi connectivity index (χ3n) is 21.1. The fraction of sp³-hybridized carbons (Fsp3) is 0.779. The molecule has 38 heteroatoms. The molecule has 14 bridgehead atoms. The van der Waals surface area contributed by atoms with E-state index >= 15 is 0 Å². The first-order valence-corrected chi connectivity index (χ1v) is 35.5. The van der Waals surface area contributed by atoms with Crippen LogP contribution in [0.4, 0.5) is 5.69 Å². The normalized spacial score (nSPS) is 45.2. The standard InChI is InChI=1S/C68H102N2O36/c1-4-9-38-68(2,3)40-28-11-6-5-10-27(28)13-14-29(40)70(38)17-15-39(78)69-16-8-19-93-54-30-12-7-18-92-55-31(20-71)95-62(47(85)41(55)79)101-56-33(22-73)96-63(48(86)42(56)80)102-57-34(23-74)97-64(49(87)43(57)81)103-58-35(24-75)98-65(50(88)44(58)82)104-59-36(25-76)99-66(51(89)45(59)83)105-60-37(26-77)100-67(52(90)46(60)84)106-61(53(54)91)32(21-72)94-30/h4-6,9-11,13-14,30-37,41-67,71-77,79-91H,1,7-8,12,15-26H2,2-3H3,(H,69,78)/b38-9+/t30-,31-,32-,33-,34-,35-,36-,37-,41-,42-,43-,44-,45-,46-,47-,48-,49-,50-,51-,52-,53-,54+,55-,56?,57?,58?,59?,60?,61?,62?,63?,64?,65?,66?,67?/m1/s1. The van der Waals surface area contributed by atoms with E-state index in [1.54, 1.807) is 6.08 Å². The molecule has 1 amide bonds. The molecular weight excluding hydrogens is 1420 g/mol. The van der Waals surface area contributed by atoms with Gasteiger partial charge in [-0.15, -0.1) is 0 Å². The molecule has 600 valence electrons. The van der Waals surface area contributed by atoms with E-state index in [2.05, 4.69) is 36.7 Å². The number of carbonyl (C=O) groups is 1. The van der Waals surface area contributed by atoms with Crippen LogP contribution in [-0.4, -0.2) is 395 Å². The van der Waals surface area contributed by atoms with E-state index in [-0.39, 0.29) is 51.3 Å². The van der Waals surface area contributed by atoms with Crippen molar-refractivity contribution in [1.29, 1.82) is 0 Å². The monoisotopic (exact) mass is 1520 g/mol. The van der Waals surface area contributed by atoms with E-state index in [1.165, 1.54) is 0 Å². The highest BCUT2D eigenvalue weighted by molar-refractivity contribution is 5.95. The first-order valence-electron chi connectivity index (χ1n) is 35.5. The second-order valence-electron chi connectivity index (χ2n) is 28.2. The molecule has 25 rings (SSSR count). The minimum Gasteiger partial charge on any atom is -0.394 e. The van der Waals surface area contributed by atoms with Crippen molar-refractivity contribution in [3.8, 4) is 0 Å². The number of nitrogens with zero attached hydrogens (tertiary/aromatic N) is 1. The van der Waals surface area contributed by atoms with Crippen LogP contribution in [-0.2, 0) is 81.3 Å². The number of carbonyl (C=O) groups excluding carboxylic acids is 1. The van der Waals surface area contributed by atoms with E-state index in [4.69, 9.17) is 71.1 Å². The predicted molar refractivity (Wildman–Crippen MR) is 351 cm³/mol. The van der Waals surface area contributed by atoms with Crippen molar-refractivity contribution in [2.75, 3.05) is 77.5 Å². The zero-order valence-electron chi connectivity index (χ0n) is 58.1. The zero-order valence-corrected chi connectivity index (χ0v) is 58.1. The summed E-state index contributed by atoms with van der Waals surface area (Å²) in [5.41, 5.74) is 2.61. The molecule has 38 nitrogen and oxygen atoms in total. The molecule has 2 aromatic rings. The number of ether oxygens (including phenoxy) is 15. The molecule has 22 fully saturated rings. The second-order valence-corrected chi connectivity index (χ2v) is 28.2. The lowest BCUT2D eigenvalue weighted by atomic mass is 9.81. The van der Waals surface area contributed by atoms with Crippen LogP contribution in [0.25, 0.3) is 10.8 Å². The van der Waals surface area contributed by atoms with E-state index in [0.29, 0.717) is 6.54 Å². The van der Waals surface area contributed by atoms with Crippen LogP contribution < -0.4 is 10.2 Å². The quantitative estimate of drug-likeness (QED) is 0.0694. The molecule has 0 saturated carbocycles. The number of fused-ring (bicyclic) bond motifs is 4. The average molecular weight is 1520 g/mol. The van der Waals surface area contributed by atoms with Gasteiger partial charge in [-0.2, -0.15) is 0 Å². The Morgan fingerprint density at radius 3 is 1.25 bits per heavy atom. The maximum atomic E-state index is 13.6. The predicted octanol–water partition coefficient (Wildman–Crippen LogP) is -9.47. The summed E-state index contributed by atoms with van der Waals surface area (Å²) in [5.74, 6) is -0.285. The number of aliphatic hydroxyl groups excluding tert-OH is 20. The average Bonchev–Trinajstić information content (AvgIpc) is 1.57. The maximum absolute atomic E-state index is 13.6. The van der Waals surface area contributed by atoms with Crippen LogP contribution in [0.15, 0.2) is 60.8 Å². The van der Waals surface area contributed by atoms with Crippen molar-refractivity contribution in [3.63, 3.8) is 0 Å². The molecular formula is C68H102N2O36. The lowest BCUT2D eigenvalue weighted by Crippen LogP contribution is -2.68. The third kappa shape index (κ3) is 16.9. The first-order chi connectivity index (χ1) is 50.8. The Morgan fingerprint density at radius 2 is 0.858 bits per heavy atom. The summed E-state index contributed by atoms with van der Waals surface area (Å²) < 4.78 is 88.7. The third-order valence-corrected chi connectivity index (χ3v) is 21.1. The lowest BCUT2D eigenvalue weighted by Gasteiger charge is -2.50. The van der Waals surface area contributed by atoms with Crippen molar-refractivity contribution in [2.24, 2.45) is 0 Å². The molecule has 21 N–H and O–H groups in total. The first kappa shape index (κ1) is 83.0. The molecule has 22 saturated heterocycles. The van der Waals surface area contributed by atoms with E-state index in [1.807, 2.05) is 36.4 Å². The van der Waals surface area contributed by atoms with Crippen LogP contribution >= 0.6 is 0 Å². The van der Waals surface area contributed by atoms with Crippen molar-refractivity contribution >= 4 is 22.4 Å². The van der Waals surface area contributed by atoms with E-state index in [0.717, 1.165) is 27.7 Å². The SMILES string of the molecule is C=C/C=C1/N(CCC(=O)NCCCO[C@H]2[C@H]3CCCO[C@H]4[C@H](O)[C@@H](O)C(OC5[C@@H](CO)OC(OC6[C@@H](CO)OC(OC7[C@@H](CO)OC(OC8[C@@H](CO)OC(OC9[C@@H](CO)OC(OC([C@@H](CO)O3)[C@@H]2O)[C@H](O)[C@H]9O)[C@H](O)[C@H]8O)[C@H](O)[C@H]7O)[C@H](O)[C@H]6O)[C@H](O)[C@H]5O)O[C@@H]4CO)c2ccc3ccccc3c2C1(C)C. The number of allylic oxidation sites excluding steroid dienone is 3. The van der Waals surface area contributed by atoms with Crippen molar-refractivity contribution in [2.45, 2.75) is 260 Å². The Labute approximate surface area is 607 Å². The summed E-state index contributed by atoms with van der Waals surface area (Å²) in [7, 11) is 0. The molecule has 23 aliphatic rings. The van der Waals surface area contributed by atoms with Gasteiger partial charge in [0.2, 0.25) is 5.91 Å². The smallest absolute Gasteiger partial charge is 0.221 e. The van der Waals surface area contributed by atoms with Crippen molar-refractivity contribution < 1.29 is 178 Å².